The molecule has 0 unspecified atom stereocenters. The Morgan fingerprint density at radius 2 is 1.92 bits per heavy atom. The van der Waals surface area contributed by atoms with E-state index in [9.17, 15) is 13.6 Å². The van der Waals surface area contributed by atoms with Crippen molar-refractivity contribution >= 4 is 29.0 Å². The number of hydrogen-bond acceptors (Lipinski definition) is 5. The van der Waals surface area contributed by atoms with Gasteiger partial charge in [-0.1, -0.05) is 5.11 Å². The first-order chi connectivity index (χ1) is 11.9. The number of nitrogens with two attached hydrogens (primary N) is 1. The van der Waals surface area contributed by atoms with Crippen molar-refractivity contribution in [2.24, 2.45) is 10.2 Å². The molecule has 0 fully saturated rings. The van der Waals surface area contributed by atoms with Crippen LogP contribution in [-0.2, 0) is 4.74 Å². The van der Waals surface area contributed by atoms with Crippen LogP contribution < -0.4 is 10.5 Å². The minimum Gasteiger partial charge on any atom is -0.469 e. The number of carbonyl (C=O) groups excluding carboxylic acids is 1. The Balaban J connectivity index is 2.22. The number of carbonyl (C=O) groups is 1. The second-order valence-electron chi connectivity index (χ2n) is 4.63. The fraction of sp³-hybridized carbons (Fsp3) is 0.125. The summed E-state index contributed by atoms with van der Waals surface area (Å²) in [5.74, 6) is -2.59. The molecule has 0 aromatic heterocycles. The molecule has 130 valence electrons. The van der Waals surface area contributed by atoms with Crippen molar-refractivity contribution < 1.29 is 23.0 Å². The quantitative estimate of drug-likeness (QED) is 0.497. The maximum absolute atomic E-state index is 13.7. The minimum absolute atomic E-state index is 0.0129. The van der Waals surface area contributed by atoms with Crippen molar-refractivity contribution in [2.75, 3.05) is 12.3 Å². The Hall–Kier alpha value is -2.94. The molecular formula is C16H13F2N3O3S. The number of nitrogen functional groups attached to an aromatic ring is 1. The molecule has 2 aromatic carbocycles. The third-order valence-electron chi connectivity index (χ3n) is 2.86. The lowest BCUT2D eigenvalue weighted by molar-refractivity contribution is 0.0994. The minimum atomic E-state index is -0.905. The highest BCUT2D eigenvalue weighted by molar-refractivity contribution is 7.80. The summed E-state index contributed by atoms with van der Waals surface area (Å²) in [6, 6.07) is 6.87. The van der Waals surface area contributed by atoms with E-state index in [2.05, 4.69) is 10.2 Å². The maximum atomic E-state index is 13.7. The molecule has 0 atom stereocenters. The largest absolute Gasteiger partial charge is 0.469 e. The van der Waals surface area contributed by atoms with Gasteiger partial charge in [-0.15, -0.1) is 5.11 Å². The van der Waals surface area contributed by atoms with Crippen LogP contribution in [0.1, 0.15) is 17.3 Å². The van der Waals surface area contributed by atoms with E-state index in [0.717, 1.165) is 12.1 Å². The Morgan fingerprint density at radius 1 is 1.16 bits per heavy atom. The second kappa shape index (κ2) is 8.25. The SMILES string of the molecule is CCOC(=S)N=NC(=O)c1ccc(N)c(Oc2ccc(F)cc2F)c1. The highest BCUT2D eigenvalue weighted by atomic mass is 32.1. The van der Waals surface area contributed by atoms with Gasteiger partial charge >= 0.3 is 5.17 Å². The average molecular weight is 365 g/mol. The van der Waals surface area contributed by atoms with Crippen LogP contribution >= 0.6 is 12.2 Å². The fourth-order valence-corrected chi connectivity index (χ4v) is 1.89. The van der Waals surface area contributed by atoms with Crippen LogP contribution in [0.4, 0.5) is 14.5 Å². The molecule has 25 heavy (non-hydrogen) atoms. The van der Waals surface area contributed by atoms with Gasteiger partial charge < -0.3 is 15.2 Å². The lowest BCUT2D eigenvalue weighted by Crippen LogP contribution is -2.01. The Morgan fingerprint density at radius 3 is 2.60 bits per heavy atom. The standard InChI is InChI=1S/C16H13F2N3O3S/c1-2-23-16(25)21-20-15(22)9-3-5-12(19)14(7-9)24-13-6-4-10(17)8-11(13)18/h3-8H,2,19H2,1H3. The van der Waals surface area contributed by atoms with Crippen LogP contribution in [0.25, 0.3) is 0 Å². The van der Waals surface area contributed by atoms with Crippen LogP contribution in [0, 0.1) is 11.6 Å². The Kier molecular flexibility index (Phi) is 6.07. The normalized spacial score (nSPS) is 10.7. The van der Waals surface area contributed by atoms with Gasteiger partial charge in [-0.05, 0) is 49.5 Å². The van der Waals surface area contributed by atoms with Crippen LogP contribution in [0.5, 0.6) is 11.5 Å². The summed E-state index contributed by atoms with van der Waals surface area (Å²) in [5, 5.41) is 6.71. The molecule has 1 amide bonds. The number of anilines is 1. The Labute approximate surface area is 147 Å². The van der Waals surface area contributed by atoms with Gasteiger partial charge in [0.2, 0.25) is 0 Å². The zero-order chi connectivity index (χ0) is 18.4. The van der Waals surface area contributed by atoms with E-state index >= 15 is 0 Å². The van der Waals surface area contributed by atoms with Crippen molar-refractivity contribution in [2.45, 2.75) is 6.92 Å². The monoisotopic (exact) mass is 365 g/mol. The molecule has 0 aliphatic rings. The predicted octanol–water partition coefficient (Wildman–Crippen LogP) is 4.25. The first-order valence-electron chi connectivity index (χ1n) is 7.06. The predicted molar refractivity (Wildman–Crippen MR) is 90.7 cm³/mol. The number of halogens is 2. The molecule has 0 saturated carbocycles. The number of rotatable bonds is 4. The third-order valence-corrected chi connectivity index (χ3v) is 3.06. The van der Waals surface area contributed by atoms with Gasteiger partial charge in [-0.2, -0.15) is 0 Å². The summed E-state index contributed by atoms with van der Waals surface area (Å²) in [7, 11) is 0. The summed E-state index contributed by atoms with van der Waals surface area (Å²) in [6.45, 7) is 2.01. The smallest absolute Gasteiger partial charge is 0.302 e. The Bertz CT molecular complexity index is 843. The van der Waals surface area contributed by atoms with E-state index in [1.165, 1.54) is 18.2 Å². The number of hydrogen-bond donors (Lipinski definition) is 1. The number of nitrogens with zero attached hydrogens (tertiary/aromatic N) is 2. The summed E-state index contributed by atoms with van der Waals surface area (Å²) in [5.41, 5.74) is 6.00. The molecule has 9 heteroatoms. The van der Waals surface area contributed by atoms with Gasteiger partial charge in [-0.3, -0.25) is 4.79 Å². The molecule has 2 aromatic rings. The first kappa shape index (κ1) is 18.4. The molecule has 2 N–H and O–H groups in total. The average Bonchev–Trinajstić information content (AvgIpc) is 2.57. The number of azo groups is 1. The molecule has 2 rings (SSSR count). The summed E-state index contributed by atoms with van der Waals surface area (Å²) < 4.78 is 36.8. The third kappa shape index (κ3) is 5.01. The molecule has 0 heterocycles. The van der Waals surface area contributed by atoms with Crippen LogP contribution in [0.3, 0.4) is 0 Å². The van der Waals surface area contributed by atoms with Crippen molar-refractivity contribution in [3.8, 4) is 11.5 Å². The zero-order valence-corrected chi connectivity index (χ0v) is 13.8. The zero-order valence-electron chi connectivity index (χ0n) is 13.0. The number of ether oxygens (including phenoxy) is 2. The number of amides is 1. The van der Waals surface area contributed by atoms with Crippen molar-refractivity contribution in [1.29, 1.82) is 0 Å². The van der Waals surface area contributed by atoms with E-state index < -0.39 is 17.5 Å². The molecule has 6 nitrogen and oxygen atoms in total. The summed E-state index contributed by atoms with van der Waals surface area (Å²) >= 11 is 4.73. The van der Waals surface area contributed by atoms with Crippen LogP contribution in [0.2, 0.25) is 0 Å². The van der Waals surface area contributed by atoms with Gasteiger partial charge in [0, 0.05) is 11.6 Å². The fourth-order valence-electron chi connectivity index (χ4n) is 1.73. The van der Waals surface area contributed by atoms with Crippen LogP contribution in [-0.4, -0.2) is 17.7 Å². The highest BCUT2D eigenvalue weighted by Gasteiger charge is 2.12. The summed E-state index contributed by atoms with van der Waals surface area (Å²) in [4.78, 5) is 12.0. The molecule has 0 spiro atoms. The van der Waals surface area contributed by atoms with Gasteiger partial charge in [-0.25, -0.2) is 8.78 Å². The second-order valence-corrected chi connectivity index (χ2v) is 4.98. The lowest BCUT2D eigenvalue weighted by atomic mass is 10.2. The maximum Gasteiger partial charge on any atom is 0.302 e. The first-order valence-corrected chi connectivity index (χ1v) is 7.46. The highest BCUT2D eigenvalue weighted by Crippen LogP contribution is 2.30. The van der Waals surface area contributed by atoms with Crippen LogP contribution in [0.15, 0.2) is 46.6 Å². The van der Waals surface area contributed by atoms with E-state index in [1.54, 1.807) is 6.92 Å². The molecule has 0 aliphatic carbocycles. The van der Waals surface area contributed by atoms with Gasteiger partial charge in [0.25, 0.3) is 5.91 Å². The van der Waals surface area contributed by atoms with E-state index in [1.807, 2.05) is 0 Å². The van der Waals surface area contributed by atoms with Crippen molar-refractivity contribution in [1.82, 2.24) is 0 Å². The lowest BCUT2D eigenvalue weighted by Gasteiger charge is -2.10. The molecular weight excluding hydrogens is 352 g/mol. The molecule has 0 aliphatic heterocycles. The van der Waals surface area contributed by atoms with Gasteiger partial charge in [0.15, 0.2) is 17.3 Å². The van der Waals surface area contributed by atoms with Gasteiger partial charge in [0.05, 0.1) is 12.3 Å². The van der Waals surface area contributed by atoms with E-state index in [4.69, 9.17) is 27.4 Å². The number of benzene rings is 2. The molecule has 0 bridgehead atoms. The molecule has 0 saturated heterocycles. The van der Waals surface area contributed by atoms with E-state index in [-0.39, 0.29) is 27.9 Å². The van der Waals surface area contributed by atoms with Crippen molar-refractivity contribution in [3.63, 3.8) is 0 Å². The molecule has 0 radical (unpaired) electrons. The van der Waals surface area contributed by atoms with E-state index in [0.29, 0.717) is 12.7 Å². The van der Waals surface area contributed by atoms with Gasteiger partial charge in [0.1, 0.15) is 5.82 Å². The van der Waals surface area contributed by atoms with Crippen molar-refractivity contribution in [3.05, 3.63) is 53.6 Å². The number of thiocarbonyl (C=S) groups is 1. The summed E-state index contributed by atoms with van der Waals surface area (Å²) in [6.07, 6.45) is 0. The topological polar surface area (TPSA) is 86.3 Å².